The Morgan fingerprint density at radius 2 is 2.10 bits per heavy atom. The zero-order valence-electron chi connectivity index (χ0n) is 12.3. The third-order valence-electron chi connectivity index (χ3n) is 4.01. The molecular formula is C15H21N3OS. The first-order chi connectivity index (χ1) is 9.78. The van der Waals surface area contributed by atoms with Crippen molar-refractivity contribution in [3.63, 3.8) is 0 Å². The lowest BCUT2D eigenvalue weighted by atomic mass is 9.97. The van der Waals surface area contributed by atoms with Crippen LogP contribution in [0.3, 0.4) is 0 Å². The molecule has 0 saturated carbocycles. The molecule has 0 radical (unpaired) electrons. The van der Waals surface area contributed by atoms with Crippen LogP contribution in [-0.2, 0) is 17.6 Å². The minimum atomic E-state index is -0.0226. The Morgan fingerprint density at radius 1 is 1.30 bits per heavy atom. The molecule has 0 fully saturated rings. The highest BCUT2D eigenvalue weighted by molar-refractivity contribution is 7.19. The highest BCUT2D eigenvalue weighted by Crippen LogP contribution is 2.39. The van der Waals surface area contributed by atoms with Gasteiger partial charge < -0.3 is 10.1 Å². The lowest BCUT2D eigenvalue weighted by Gasteiger charge is -2.14. The second-order valence-corrected chi connectivity index (χ2v) is 6.29. The maximum absolute atomic E-state index is 5.49. The van der Waals surface area contributed by atoms with Crippen molar-refractivity contribution in [3.05, 3.63) is 16.3 Å². The molecule has 1 aliphatic rings. The van der Waals surface area contributed by atoms with Gasteiger partial charge in [0.2, 0.25) is 0 Å². The molecule has 0 aliphatic heterocycles. The molecule has 2 heterocycles. The fraction of sp³-hybridized carbons (Fsp3) is 0.600. The second kappa shape index (κ2) is 5.66. The predicted octanol–water partition coefficient (Wildman–Crippen LogP) is 3.71. The van der Waals surface area contributed by atoms with Crippen LogP contribution in [-0.4, -0.2) is 24.1 Å². The van der Waals surface area contributed by atoms with Gasteiger partial charge >= 0.3 is 0 Å². The number of hydrogen-bond donors (Lipinski definition) is 1. The monoisotopic (exact) mass is 291 g/mol. The summed E-state index contributed by atoms with van der Waals surface area (Å²) in [5.74, 6) is 1.75. The maximum atomic E-state index is 5.49. The molecule has 1 N–H and O–H groups in total. The Balaban J connectivity index is 2.19. The molecule has 1 atom stereocenters. The van der Waals surface area contributed by atoms with Crippen molar-refractivity contribution in [1.29, 1.82) is 0 Å². The Hall–Kier alpha value is -1.20. The highest BCUT2D eigenvalue weighted by atomic mass is 32.1. The van der Waals surface area contributed by atoms with Crippen LogP contribution in [0.1, 0.15) is 48.6 Å². The van der Waals surface area contributed by atoms with Crippen LogP contribution >= 0.6 is 11.3 Å². The first-order valence-electron chi connectivity index (χ1n) is 7.31. The van der Waals surface area contributed by atoms with Gasteiger partial charge in [0.05, 0.1) is 5.39 Å². The van der Waals surface area contributed by atoms with E-state index >= 15 is 0 Å². The molecule has 0 bridgehead atoms. The molecule has 20 heavy (non-hydrogen) atoms. The van der Waals surface area contributed by atoms with Crippen LogP contribution in [0, 0.1) is 0 Å². The van der Waals surface area contributed by atoms with E-state index in [0.717, 1.165) is 29.3 Å². The van der Waals surface area contributed by atoms with E-state index in [1.807, 2.05) is 18.4 Å². The van der Waals surface area contributed by atoms with Gasteiger partial charge in [-0.05, 0) is 37.7 Å². The van der Waals surface area contributed by atoms with Crippen LogP contribution in [0.25, 0.3) is 10.2 Å². The van der Waals surface area contributed by atoms with E-state index in [4.69, 9.17) is 14.7 Å². The number of methoxy groups -OCH3 is 1. The van der Waals surface area contributed by atoms with E-state index in [-0.39, 0.29) is 6.10 Å². The van der Waals surface area contributed by atoms with Crippen LogP contribution in [0.5, 0.6) is 0 Å². The van der Waals surface area contributed by atoms with Gasteiger partial charge in [-0.2, -0.15) is 0 Å². The van der Waals surface area contributed by atoms with Gasteiger partial charge in [0.15, 0.2) is 5.82 Å². The molecule has 0 amide bonds. The molecular weight excluding hydrogens is 270 g/mol. The van der Waals surface area contributed by atoms with Crippen molar-refractivity contribution >= 4 is 27.4 Å². The van der Waals surface area contributed by atoms with Crippen molar-refractivity contribution in [3.8, 4) is 0 Å². The Bertz CT molecular complexity index is 619. The molecule has 2 aromatic rings. The molecule has 0 spiro atoms. The van der Waals surface area contributed by atoms with E-state index < -0.39 is 0 Å². The number of rotatable bonds is 4. The van der Waals surface area contributed by atoms with Gasteiger partial charge in [-0.15, -0.1) is 11.3 Å². The van der Waals surface area contributed by atoms with E-state index in [9.17, 15) is 0 Å². The summed E-state index contributed by atoms with van der Waals surface area (Å²) in [4.78, 5) is 12.1. The van der Waals surface area contributed by atoms with Gasteiger partial charge in [0.1, 0.15) is 16.8 Å². The van der Waals surface area contributed by atoms with Crippen molar-refractivity contribution in [1.82, 2.24) is 9.97 Å². The predicted molar refractivity (Wildman–Crippen MR) is 83.6 cm³/mol. The zero-order valence-corrected chi connectivity index (χ0v) is 13.1. The SMILES string of the molecule is CCC(OC)c1nc(NC)c2c3c(sc2n1)CCCC3. The summed E-state index contributed by atoms with van der Waals surface area (Å²) >= 11 is 1.84. The molecule has 3 rings (SSSR count). The van der Waals surface area contributed by atoms with Crippen molar-refractivity contribution in [2.75, 3.05) is 19.5 Å². The number of aromatic nitrogens is 2. The fourth-order valence-electron chi connectivity index (χ4n) is 2.95. The van der Waals surface area contributed by atoms with Gasteiger partial charge in [-0.3, -0.25) is 0 Å². The van der Waals surface area contributed by atoms with Crippen molar-refractivity contribution in [2.24, 2.45) is 0 Å². The van der Waals surface area contributed by atoms with Gasteiger partial charge in [-0.25, -0.2) is 9.97 Å². The summed E-state index contributed by atoms with van der Waals surface area (Å²) in [6.45, 7) is 2.10. The topological polar surface area (TPSA) is 47.0 Å². The van der Waals surface area contributed by atoms with E-state index in [1.165, 1.54) is 35.1 Å². The Morgan fingerprint density at radius 3 is 2.80 bits per heavy atom. The number of thiophene rings is 1. The average Bonchev–Trinajstić information content (AvgIpc) is 2.86. The quantitative estimate of drug-likeness (QED) is 0.933. The lowest BCUT2D eigenvalue weighted by molar-refractivity contribution is 0.0930. The van der Waals surface area contributed by atoms with E-state index in [1.54, 1.807) is 7.11 Å². The maximum Gasteiger partial charge on any atom is 0.161 e. The number of aryl methyl sites for hydroxylation is 2. The van der Waals surface area contributed by atoms with Gasteiger partial charge in [0.25, 0.3) is 0 Å². The van der Waals surface area contributed by atoms with Crippen molar-refractivity contribution in [2.45, 2.75) is 45.1 Å². The smallest absolute Gasteiger partial charge is 0.161 e. The number of nitrogens with one attached hydrogen (secondary N) is 1. The first kappa shape index (κ1) is 13.8. The fourth-order valence-corrected chi connectivity index (χ4v) is 4.22. The third-order valence-corrected chi connectivity index (χ3v) is 5.20. The van der Waals surface area contributed by atoms with Gasteiger partial charge in [-0.1, -0.05) is 6.92 Å². The largest absolute Gasteiger partial charge is 0.373 e. The van der Waals surface area contributed by atoms with Crippen molar-refractivity contribution < 1.29 is 4.74 Å². The molecule has 5 heteroatoms. The summed E-state index contributed by atoms with van der Waals surface area (Å²) < 4.78 is 5.49. The number of ether oxygens (including phenoxy) is 1. The first-order valence-corrected chi connectivity index (χ1v) is 8.12. The summed E-state index contributed by atoms with van der Waals surface area (Å²) in [5, 5.41) is 4.49. The number of anilines is 1. The number of nitrogens with zero attached hydrogens (tertiary/aromatic N) is 2. The second-order valence-electron chi connectivity index (χ2n) is 5.20. The van der Waals surface area contributed by atoms with E-state index in [0.29, 0.717) is 0 Å². The summed E-state index contributed by atoms with van der Waals surface area (Å²) in [6.07, 6.45) is 5.79. The zero-order chi connectivity index (χ0) is 14.1. The molecule has 4 nitrogen and oxygen atoms in total. The highest BCUT2D eigenvalue weighted by Gasteiger charge is 2.22. The number of hydrogen-bond acceptors (Lipinski definition) is 5. The van der Waals surface area contributed by atoms with Crippen LogP contribution in [0.2, 0.25) is 0 Å². The lowest BCUT2D eigenvalue weighted by Crippen LogP contribution is -2.08. The molecule has 108 valence electrons. The third kappa shape index (κ3) is 2.19. The minimum absolute atomic E-state index is 0.0226. The average molecular weight is 291 g/mol. The molecule has 0 saturated heterocycles. The number of fused-ring (bicyclic) bond motifs is 3. The molecule has 1 aliphatic carbocycles. The molecule has 1 unspecified atom stereocenters. The molecule has 2 aromatic heterocycles. The normalized spacial score (nSPS) is 16.1. The van der Waals surface area contributed by atoms with Crippen LogP contribution in [0.4, 0.5) is 5.82 Å². The standard InChI is InChI=1S/C15H21N3OS/c1-4-10(19-3)13-17-14(16-2)12-9-7-5-6-8-11(9)20-15(12)18-13/h10H,4-8H2,1-3H3,(H,16,17,18). The van der Waals surface area contributed by atoms with Crippen LogP contribution < -0.4 is 5.32 Å². The Kier molecular flexibility index (Phi) is 3.89. The Labute approximate surface area is 123 Å². The van der Waals surface area contributed by atoms with Gasteiger partial charge in [0, 0.05) is 19.0 Å². The summed E-state index contributed by atoms with van der Waals surface area (Å²) in [5.41, 5.74) is 1.47. The molecule has 0 aromatic carbocycles. The van der Waals surface area contributed by atoms with Crippen LogP contribution in [0.15, 0.2) is 0 Å². The summed E-state index contributed by atoms with van der Waals surface area (Å²) in [6, 6.07) is 0. The summed E-state index contributed by atoms with van der Waals surface area (Å²) in [7, 11) is 3.66. The van der Waals surface area contributed by atoms with E-state index in [2.05, 4.69) is 12.2 Å². The minimum Gasteiger partial charge on any atom is -0.373 e.